The summed E-state index contributed by atoms with van der Waals surface area (Å²) in [4.78, 5) is 0. The van der Waals surface area contributed by atoms with Crippen molar-refractivity contribution in [3.8, 4) is 0 Å². The van der Waals surface area contributed by atoms with Crippen molar-refractivity contribution in [1.82, 2.24) is 0 Å². The summed E-state index contributed by atoms with van der Waals surface area (Å²) in [6.07, 6.45) is 2.89. The molecule has 0 fully saturated rings. The van der Waals surface area contributed by atoms with Gasteiger partial charge in [-0.1, -0.05) is 31.4 Å². The Morgan fingerprint density at radius 3 is 2.22 bits per heavy atom. The van der Waals surface area contributed by atoms with Crippen molar-refractivity contribution >= 4 is 8.07 Å². The van der Waals surface area contributed by atoms with Gasteiger partial charge in [-0.25, -0.2) is 0 Å². The van der Waals surface area contributed by atoms with Crippen LogP contribution in [0.15, 0.2) is 11.8 Å². The highest BCUT2D eigenvalue weighted by molar-refractivity contribution is 6.80. The second-order valence-corrected chi connectivity index (χ2v) is 8.35. The fraction of sp³-hybridized carbons (Fsp3) is 0.714. The molecule has 0 aromatic carbocycles. The summed E-state index contributed by atoms with van der Waals surface area (Å²) in [5.41, 5.74) is 2.25. The fourth-order valence-corrected chi connectivity index (χ4v) is 1.39. The standard InChI is InChI=1S/C7H16OSi/c1-9(2,3)7-5-4-6-8/h5,7-8H,4,6H2,1-3H3. The van der Waals surface area contributed by atoms with Crippen LogP contribution in [-0.2, 0) is 0 Å². The highest BCUT2D eigenvalue weighted by atomic mass is 28.3. The van der Waals surface area contributed by atoms with Gasteiger partial charge in [-0.15, -0.1) is 0 Å². The van der Waals surface area contributed by atoms with Crippen molar-refractivity contribution < 1.29 is 5.11 Å². The molecule has 0 spiro atoms. The van der Waals surface area contributed by atoms with Gasteiger partial charge in [0.1, 0.15) is 0 Å². The average molecular weight is 144 g/mol. The fourth-order valence-electron chi connectivity index (χ4n) is 0.511. The molecule has 0 aliphatic carbocycles. The molecule has 2 heteroatoms. The lowest BCUT2D eigenvalue weighted by Gasteiger charge is -2.07. The molecule has 0 radical (unpaired) electrons. The highest BCUT2D eigenvalue weighted by Crippen LogP contribution is 2.01. The number of aliphatic hydroxyl groups is 1. The molecule has 0 unspecified atom stereocenters. The number of aliphatic hydroxyl groups excluding tert-OH is 1. The lowest BCUT2D eigenvalue weighted by atomic mass is 10.5. The van der Waals surface area contributed by atoms with Crippen LogP contribution in [0.3, 0.4) is 0 Å². The minimum Gasteiger partial charge on any atom is -0.396 e. The third-order valence-corrected chi connectivity index (χ3v) is 2.15. The van der Waals surface area contributed by atoms with Crippen molar-refractivity contribution in [2.24, 2.45) is 0 Å². The Hall–Kier alpha value is -0.0831. The maximum Gasteiger partial charge on any atom is 0.0682 e. The minimum atomic E-state index is -0.986. The molecule has 0 aromatic heterocycles. The molecule has 0 saturated carbocycles. The van der Waals surface area contributed by atoms with Gasteiger partial charge in [0.25, 0.3) is 0 Å². The van der Waals surface area contributed by atoms with E-state index < -0.39 is 8.07 Å². The molecule has 0 aliphatic rings. The molecule has 1 N–H and O–H groups in total. The average Bonchev–Trinajstić information content (AvgIpc) is 1.63. The van der Waals surface area contributed by atoms with E-state index in [1.54, 1.807) is 0 Å². The van der Waals surface area contributed by atoms with Crippen molar-refractivity contribution in [2.75, 3.05) is 6.61 Å². The van der Waals surface area contributed by atoms with Crippen LogP contribution < -0.4 is 0 Å². The monoisotopic (exact) mass is 144 g/mol. The molecule has 9 heavy (non-hydrogen) atoms. The lowest BCUT2D eigenvalue weighted by molar-refractivity contribution is 0.302. The van der Waals surface area contributed by atoms with Gasteiger partial charge in [-0.2, -0.15) is 0 Å². The van der Waals surface area contributed by atoms with Gasteiger partial charge >= 0.3 is 0 Å². The summed E-state index contributed by atoms with van der Waals surface area (Å²) in [6, 6.07) is 0. The molecular formula is C7H16OSi. The Bertz CT molecular complexity index is 91.6. The number of hydrogen-bond donors (Lipinski definition) is 1. The van der Waals surface area contributed by atoms with Gasteiger partial charge in [0, 0.05) is 6.61 Å². The first-order valence-electron chi connectivity index (χ1n) is 3.35. The molecule has 0 aromatic rings. The van der Waals surface area contributed by atoms with Crippen LogP contribution in [0.4, 0.5) is 0 Å². The third-order valence-electron chi connectivity index (χ3n) is 0.914. The Balaban J connectivity index is 3.45. The van der Waals surface area contributed by atoms with E-state index in [0.717, 1.165) is 6.42 Å². The summed E-state index contributed by atoms with van der Waals surface area (Å²) >= 11 is 0. The van der Waals surface area contributed by atoms with E-state index >= 15 is 0 Å². The Labute approximate surface area is 58.4 Å². The van der Waals surface area contributed by atoms with Crippen molar-refractivity contribution in [1.29, 1.82) is 0 Å². The molecule has 1 nitrogen and oxygen atoms in total. The van der Waals surface area contributed by atoms with Crippen LogP contribution >= 0.6 is 0 Å². The van der Waals surface area contributed by atoms with Gasteiger partial charge < -0.3 is 5.11 Å². The van der Waals surface area contributed by atoms with E-state index in [0.29, 0.717) is 0 Å². The van der Waals surface area contributed by atoms with Crippen molar-refractivity contribution in [3.05, 3.63) is 11.8 Å². The Kier molecular flexibility index (Phi) is 3.82. The first-order chi connectivity index (χ1) is 4.06. The van der Waals surface area contributed by atoms with E-state index in [1.165, 1.54) is 0 Å². The van der Waals surface area contributed by atoms with E-state index in [9.17, 15) is 0 Å². The van der Waals surface area contributed by atoms with Crippen LogP contribution in [0.5, 0.6) is 0 Å². The number of hydrogen-bond acceptors (Lipinski definition) is 1. The topological polar surface area (TPSA) is 20.2 Å². The molecule has 0 bridgehead atoms. The van der Waals surface area contributed by atoms with Gasteiger partial charge in [-0.3, -0.25) is 0 Å². The third kappa shape index (κ3) is 7.92. The normalized spacial score (nSPS) is 12.9. The summed E-state index contributed by atoms with van der Waals surface area (Å²) in [7, 11) is -0.986. The SMILES string of the molecule is C[Si](C)(C)C=CCCO. The van der Waals surface area contributed by atoms with E-state index in [2.05, 4.69) is 31.4 Å². The maximum absolute atomic E-state index is 8.43. The van der Waals surface area contributed by atoms with Crippen LogP contribution in [0.2, 0.25) is 19.6 Å². The van der Waals surface area contributed by atoms with Crippen molar-refractivity contribution in [3.63, 3.8) is 0 Å². The molecule has 0 amide bonds. The van der Waals surface area contributed by atoms with Crippen LogP contribution in [0.1, 0.15) is 6.42 Å². The molecule has 0 atom stereocenters. The van der Waals surface area contributed by atoms with Crippen LogP contribution in [0.25, 0.3) is 0 Å². The Morgan fingerprint density at radius 1 is 1.33 bits per heavy atom. The quantitative estimate of drug-likeness (QED) is 0.599. The summed E-state index contributed by atoms with van der Waals surface area (Å²) in [5.74, 6) is 0. The van der Waals surface area contributed by atoms with E-state index in [4.69, 9.17) is 5.11 Å². The zero-order valence-electron chi connectivity index (χ0n) is 6.52. The molecule has 0 aliphatic heterocycles. The molecule has 54 valence electrons. The van der Waals surface area contributed by atoms with Crippen LogP contribution in [0, 0.1) is 0 Å². The second kappa shape index (κ2) is 3.85. The number of rotatable bonds is 3. The van der Waals surface area contributed by atoms with Gasteiger partial charge in [0.15, 0.2) is 0 Å². The van der Waals surface area contributed by atoms with E-state index in [-0.39, 0.29) is 6.61 Å². The molecule has 0 rings (SSSR count). The summed E-state index contributed by atoms with van der Waals surface area (Å²) in [5, 5.41) is 8.43. The molecule has 0 saturated heterocycles. The zero-order valence-corrected chi connectivity index (χ0v) is 7.52. The molecule has 0 heterocycles. The first kappa shape index (κ1) is 8.92. The minimum absolute atomic E-state index is 0.279. The van der Waals surface area contributed by atoms with Crippen LogP contribution in [-0.4, -0.2) is 19.8 Å². The lowest BCUT2D eigenvalue weighted by Crippen LogP contribution is -2.15. The van der Waals surface area contributed by atoms with Gasteiger partial charge in [0.2, 0.25) is 0 Å². The smallest absolute Gasteiger partial charge is 0.0682 e. The van der Waals surface area contributed by atoms with Gasteiger partial charge in [-0.05, 0) is 6.42 Å². The second-order valence-electron chi connectivity index (χ2n) is 3.28. The first-order valence-corrected chi connectivity index (χ1v) is 6.92. The zero-order chi connectivity index (χ0) is 7.33. The summed E-state index contributed by atoms with van der Waals surface area (Å²) in [6.45, 7) is 7.11. The highest BCUT2D eigenvalue weighted by Gasteiger charge is 2.05. The molecular weight excluding hydrogens is 128 g/mol. The van der Waals surface area contributed by atoms with Crippen molar-refractivity contribution in [2.45, 2.75) is 26.1 Å². The maximum atomic E-state index is 8.43. The predicted molar refractivity (Wildman–Crippen MR) is 44.2 cm³/mol. The van der Waals surface area contributed by atoms with E-state index in [1.807, 2.05) is 0 Å². The van der Waals surface area contributed by atoms with Gasteiger partial charge in [0.05, 0.1) is 8.07 Å². The predicted octanol–water partition coefficient (Wildman–Crippen LogP) is 1.80. The Morgan fingerprint density at radius 2 is 1.89 bits per heavy atom. The summed E-state index contributed by atoms with van der Waals surface area (Å²) < 4.78 is 0. The largest absolute Gasteiger partial charge is 0.396 e.